The summed E-state index contributed by atoms with van der Waals surface area (Å²) in [6.07, 6.45) is 1.32. The summed E-state index contributed by atoms with van der Waals surface area (Å²) in [5.41, 5.74) is 2.36. The molecule has 0 atom stereocenters. The number of nitro benzene ring substituents is 1. The highest BCUT2D eigenvalue weighted by molar-refractivity contribution is 9.10. The van der Waals surface area contributed by atoms with E-state index in [-0.39, 0.29) is 22.7 Å². The number of para-hydroxylation sites is 1. The Morgan fingerprint density at radius 2 is 2.12 bits per heavy atom. The second-order valence-electron chi connectivity index (χ2n) is 4.53. The smallest absolute Gasteiger partial charge is 0.282 e. The summed E-state index contributed by atoms with van der Waals surface area (Å²) in [6, 6.07) is 8.65. The van der Waals surface area contributed by atoms with Gasteiger partial charge in [0.15, 0.2) is 11.5 Å². The number of carbonyl (C=O) groups is 1. The fourth-order valence-electron chi connectivity index (χ4n) is 1.87. The zero-order valence-corrected chi connectivity index (χ0v) is 14.0. The Balaban J connectivity index is 2.17. The average molecular weight is 394 g/mol. The predicted molar refractivity (Wildman–Crippen MR) is 90.5 cm³/mol. The fraction of sp³-hybridized carbons (Fsp3) is 0.0667. The first-order valence-corrected chi connectivity index (χ1v) is 7.36. The molecule has 0 fully saturated rings. The highest BCUT2D eigenvalue weighted by Crippen LogP contribution is 2.34. The van der Waals surface area contributed by atoms with Crippen molar-refractivity contribution >= 4 is 33.7 Å². The number of ether oxygens (including phenoxy) is 1. The molecule has 0 saturated carbocycles. The summed E-state index contributed by atoms with van der Waals surface area (Å²) in [7, 11) is 1.40. The number of benzene rings is 2. The Labute approximate surface area is 145 Å². The predicted octanol–water partition coefficient (Wildman–Crippen LogP) is 2.84. The van der Waals surface area contributed by atoms with Gasteiger partial charge in [-0.3, -0.25) is 14.9 Å². The maximum atomic E-state index is 12.0. The van der Waals surface area contributed by atoms with E-state index in [0.29, 0.717) is 10.0 Å². The minimum absolute atomic E-state index is 0.0569. The maximum Gasteiger partial charge on any atom is 0.282 e. The minimum atomic E-state index is -0.705. The molecule has 0 aromatic heterocycles. The molecule has 2 aromatic rings. The van der Waals surface area contributed by atoms with Crippen LogP contribution in [0.2, 0.25) is 0 Å². The van der Waals surface area contributed by atoms with Crippen molar-refractivity contribution < 1.29 is 19.6 Å². The zero-order valence-electron chi connectivity index (χ0n) is 12.4. The number of amides is 1. The number of aromatic hydroxyl groups is 1. The number of phenols is 1. The molecule has 0 radical (unpaired) electrons. The maximum absolute atomic E-state index is 12.0. The second-order valence-corrected chi connectivity index (χ2v) is 5.38. The van der Waals surface area contributed by atoms with Crippen LogP contribution in [0.15, 0.2) is 46.0 Å². The van der Waals surface area contributed by atoms with E-state index >= 15 is 0 Å². The molecule has 8 nitrogen and oxygen atoms in total. The molecule has 124 valence electrons. The first kappa shape index (κ1) is 17.4. The molecule has 0 aliphatic rings. The van der Waals surface area contributed by atoms with Gasteiger partial charge in [0, 0.05) is 6.07 Å². The van der Waals surface area contributed by atoms with Crippen LogP contribution in [-0.2, 0) is 0 Å². The number of nitrogens with zero attached hydrogens (tertiary/aromatic N) is 2. The van der Waals surface area contributed by atoms with Gasteiger partial charge in [0.1, 0.15) is 5.56 Å². The van der Waals surface area contributed by atoms with Crippen molar-refractivity contribution in [3.8, 4) is 11.5 Å². The van der Waals surface area contributed by atoms with Gasteiger partial charge in [-0.15, -0.1) is 0 Å². The number of carbonyl (C=O) groups excluding carboxylic acids is 1. The molecule has 0 saturated heterocycles. The number of hydrogen-bond acceptors (Lipinski definition) is 6. The summed E-state index contributed by atoms with van der Waals surface area (Å²) < 4.78 is 5.40. The number of phenolic OH excluding ortho intramolecular Hbond substituents is 1. The molecular formula is C15H12BrN3O5. The molecule has 1 amide bonds. The van der Waals surface area contributed by atoms with E-state index in [0.717, 1.165) is 0 Å². The Bertz CT molecular complexity index is 823. The van der Waals surface area contributed by atoms with Crippen LogP contribution in [0, 0.1) is 10.1 Å². The van der Waals surface area contributed by atoms with Gasteiger partial charge in [0.05, 0.1) is 22.7 Å². The van der Waals surface area contributed by atoms with E-state index in [2.05, 4.69) is 26.5 Å². The average Bonchev–Trinajstić information content (AvgIpc) is 2.57. The minimum Gasteiger partial charge on any atom is -0.503 e. The molecule has 9 heteroatoms. The van der Waals surface area contributed by atoms with Crippen LogP contribution >= 0.6 is 15.9 Å². The van der Waals surface area contributed by atoms with E-state index < -0.39 is 10.8 Å². The van der Waals surface area contributed by atoms with E-state index in [9.17, 15) is 20.0 Å². The van der Waals surface area contributed by atoms with Crippen LogP contribution in [0.25, 0.3) is 0 Å². The Morgan fingerprint density at radius 3 is 2.79 bits per heavy atom. The SMILES string of the molecule is COc1cc(C=NNC(=O)c2ccccc2[N+](=O)[O-])cc(Br)c1O. The van der Waals surface area contributed by atoms with E-state index in [1.165, 1.54) is 43.7 Å². The largest absolute Gasteiger partial charge is 0.503 e. The summed E-state index contributed by atoms with van der Waals surface area (Å²) in [5, 5.41) is 24.4. The lowest BCUT2D eigenvalue weighted by Crippen LogP contribution is -2.18. The third-order valence-corrected chi connectivity index (χ3v) is 3.60. The van der Waals surface area contributed by atoms with E-state index in [4.69, 9.17) is 4.74 Å². The third kappa shape index (κ3) is 3.87. The molecule has 0 aliphatic heterocycles. The van der Waals surface area contributed by atoms with E-state index in [1.807, 2.05) is 0 Å². The molecule has 2 rings (SSSR count). The second kappa shape index (κ2) is 7.55. The standard InChI is InChI=1S/C15H12BrN3O5/c1-24-13-7-9(6-11(16)14(13)20)8-17-18-15(21)10-4-2-3-5-12(10)19(22)23/h2-8,20H,1H3,(H,18,21). The third-order valence-electron chi connectivity index (χ3n) is 3.00. The number of hydrogen-bond donors (Lipinski definition) is 2. The molecule has 2 aromatic carbocycles. The summed E-state index contributed by atoms with van der Waals surface area (Å²) >= 11 is 3.17. The molecule has 0 bridgehead atoms. The number of hydrazone groups is 1. The molecule has 2 N–H and O–H groups in total. The van der Waals surface area contributed by atoms with Crippen LogP contribution in [0.1, 0.15) is 15.9 Å². The number of nitro groups is 1. The Kier molecular flexibility index (Phi) is 5.48. The van der Waals surface area contributed by atoms with Crippen molar-refractivity contribution in [1.82, 2.24) is 5.43 Å². The molecular weight excluding hydrogens is 382 g/mol. The number of methoxy groups -OCH3 is 1. The van der Waals surface area contributed by atoms with Crippen molar-refractivity contribution in [3.63, 3.8) is 0 Å². The van der Waals surface area contributed by atoms with Gasteiger partial charge < -0.3 is 9.84 Å². The fourth-order valence-corrected chi connectivity index (χ4v) is 2.33. The van der Waals surface area contributed by atoms with Crippen LogP contribution in [0.4, 0.5) is 5.69 Å². The number of nitrogens with one attached hydrogen (secondary N) is 1. The first-order valence-electron chi connectivity index (χ1n) is 6.57. The summed E-state index contributed by atoms with van der Waals surface area (Å²) in [6.45, 7) is 0. The van der Waals surface area contributed by atoms with Crippen LogP contribution < -0.4 is 10.2 Å². The summed E-state index contributed by atoms with van der Waals surface area (Å²) in [5.74, 6) is -0.530. The lowest BCUT2D eigenvalue weighted by Gasteiger charge is -2.06. The van der Waals surface area contributed by atoms with Gasteiger partial charge in [-0.2, -0.15) is 5.10 Å². The lowest BCUT2D eigenvalue weighted by atomic mass is 10.2. The Hall–Kier alpha value is -2.94. The highest BCUT2D eigenvalue weighted by Gasteiger charge is 2.18. The topological polar surface area (TPSA) is 114 Å². The quantitative estimate of drug-likeness (QED) is 0.460. The first-order chi connectivity index (χ1) is 11.4. The summed E-state index contributed by atoms with van der Waals surface area (Å²) in [4.78, 5) is 22.3. The molecule has 0 spiro atoms. The lowest BCUT2D eigenvalue weighted by molar-refractivity contribution is -0.385. The zero-order chi connectivity index (χ0) is 17.7. The normalized spacial score (nSPS) is 10.6. The van der Waals surface area contributed by atoms with Gasteiger partial charge in [-0.1, -0.05) is 12.1 Å². The molecule has 24 heavy (non-hydrogen) atoms. The van der Waals surface area contributed by atoms with Crippen molar-refractivity contribution in [2.75, 3.05) is 7.11 Å². The Morgan fingerprint density at radius 1 is 1.42 bits per heavy atom. The van der Waals surface area contributed by atoms with Crippen molar-refractivity contribution in [1.29, 1.82) is 0 Å². The van der Waals surface area contributed by atoms with Crippen LogP contribution in [0.5, 0.6) is 11.5 Å². The molecule has 0 heterocycles. The van der Waals surface area contributed by atoms with Gasteiger partial charge in [-0.25, -0.2) is 5.43 Å². The molecule has 0 unspecified atom stereocenters. The van der Waals surface area contributed by atoms with Crippen molar-refractivity contribution in [2.45, 2.75) is 0 Å². The monoisotopic (exact) mass is 393 g/mol. The van der Waals surface area contributed by atoms with Gasteiger partial charge in [0.2, 0.25) is 0 Å². The molecule has 0 aliphatic carbocycles. The highest BCUT2D eigenvalue weighted by atomic mass is 79.9. The van der Waals surface area contributed by atoms with Crippen LogP contribution in [0.3, 0.4) is 0 Å². The van der Waals surface area contributed by atoms with Crippen molar-refractivity contribution in [2.24, 2.45) is 5.10 Å². The van der Waals surface area contributed by atoms with E-state index in [1.54, 1.807) is 6.07 Å². The van der Waals surface area contributed by atoms with Crippen molar-refractivity contribution in [3.05, 3.63) is 62.1 Å². The van der Waals surface area contributed by atoms with Crippen LogP contribution in [-0.4, -0.2) is 29.3 Å². The number of halogens is 1. The van der Waals surface area contributed by atoms with Gasteiger partial charge >= 0.3 is 0 Å². The van der Waals surface area contributed by atoms with Gasteiger partial charge in [-0.05, 0) is 39.7 Å². The van der Waals surface area contributed by atoms with Gasteiger partial charge in [0.25, 0.3) is 11.6 Å². The number of rotatable bonds is 5.